The lowest BCUT2D eigenvalue weighted by Gasteiger charge is -2.39. The average Bonchev–Trinajstić information content (AvgIpc) is 3.30. The van der Waals surface area contributed by atoms with Gasteiger partial charge < -0.3 is 10.2 Å². The lowest BCUT2D eigenvalue weighted by molar-refractivity contribution is 0.350. The van der Waals surface area contributed by atoms with Gasteiger partial charge in [0.05, 0.1) is 10.5 Å². The molecule has 126 valence electrons. The summed E-state index contributed by atoms with van der Waals surface area (Å²) >= 11 is 0. The van der Waals surface area contributed by atoms with Gasteiger partial charge in [-0.1, -0.05) is 0 Å². The van der Waals surface area contributed by atoms with Crippen molar-refractivity contribution in [3.8, 4) is 0 Å². The van der Waals surface area contributed by atoms with Crippen LogP contribution in [0.3, 0.4) is 0 Å². The fourth-order valence-corrected chi connectivity index (χ4v) is 4.90. The molecule has 1 heterocycles. The molecule has 1 saturated heterocycles. The van der Waals surface area contributed by atoms with Crippen LogP contribution in [-0.4, -0.2) is 56.0 Å². The van der Waals surface area contributed by atoms with Crippen LogP contribution in [0.25, 0.3) is 0 Å². The molecule has 0 aromatic carbocycles. The molecule has 22 heavy (non-hydrogen) atoms. The van der Waals surface area contributed by atoms with Crippen LogP contribution in [0.15, 0.2) is 4.99 Å². The zero-order chi connectivity index (χ0) is 16.0. The third kappa shape index (κ3) is 2.99. The molecule has 2 aliphatic carbocycles. The second kappa shape index (κ2) is 5.39. The maximum atomic E-state index is 12.2. The highest BCUT2D eigenvalue weighted by Gasteiger charge is 2.53. The number of sulfone groups is 1. The number of rotatable bonds is 4. The Morgan fingerprint density at radius 2 is 2.00 bits per heavy atom. The number of hydrogen-bond donors (Lipinski definition) is 1. The van der Waals surface area contributed by atoms with E-state index < -0.39 is 14.6 Å². The van der Waals surface area contributed by atoms with Gasteiger partial charge in [0.25, 0.3) is 0 Å². The van der Waals surface area contributed by atoms with E-state index in [2.05, 4.69) is 17.1 Å². The Balaban J connectivity index is 1.71. The minimum atomic E-state index is -3.00. The Bertz CT molecular complexity index is 560. The maximum Gasteiger partial charge on any atom is 0.194 e. The largest absolute Gasteiger partial charge is 0.357 e. The highest BCUT2D eigenvalue weighted by atomic mass is 32.2. The topological polar surface area (TPSA) is 61.8 Å². The second-order valence-electron chi connectivity index (χ2n) is 7.81. The molecule has 0 aromatic rings. The molecule has 2 saturated carbocycles. The minimum absolute atomic E-state index is 0.220. The molecule has 5 nitrogen and oxygen atoms in total. The van der Waals surface area contributed by atoms with E-state index in [1.165, 1.54) is 25.7 Å². The van der Waals surface area contributed by atoms with Crippen LogP contribution >= 0.6 is 0 Å². The molecule has 1 N–H and O–H groups in total. The van der Waals surface area contributed by atoms with E-state index in [-0.39, 0.29) is 5.75 Å². The van der Waals surface area contributed by atoms with Crippen molar-refractivity contribution >= 4 is 15.8 Å². The van der Waals surface area contributed by atoms with Crippen molar-refractivity contribution in [2.75, 3.05) is 31.9 Å². The Morgan fingerprint density at radius 1 is 1.32 bits per heavy atom. The molecule has 3 aliphatic rings. The number of nitrogens with one attached hydrogen (secondary N) is 1. The zero-order valence-corrected chi connectivity index (χ0v) is 14.9. The number of aliphatic imine (C=N–C) groups is 1. The van der Waals surface area contributed by atoms with Gasteiger partial charge >= 0.3 is 0 Å². The third-order valence-electron chi connectivity index (χ3n) is 5.56. The van der Waals surface area contributed by atoms with Gasteiger partial charge in [-0.2, -0.15) is 0 Å². The predicted molar refractivity (Wildman–Crippen MR) is 89.8 cm³/mol. The fraction of sp³-hybridized carbons (Fsp3) is 0.938. The van der Waals surface area contributed by atoms with Crippen molar-refractivity contribution in [3.05, 3.63) is 0 Å². The van der Waals surface area contributed by atoms with Crippen molar-refractivity contribution in [3.63, 3.8) is 0 Å². The maximum absolute atomic E-state index is 12.2. The van der Waals surface area contributed by atoms with Crippen LogP contribution < -0.4 is 5.32 Å². The van der Waals surface area contributed by atoms with E-state index in [4.69, 9.17) is 4.99 Å². The molecule has 0 bridgehead atoms. The first-order valence-corrected chi connectivity index (χ1v) is 10.2. The van der Waals surface area contributed by atoms with Crippen LogP contribution in [0.2, 0.25) is 0 Å². The monoisotopic (exact) mass is 327 g/mol. The van der Waals surface area contributed by atoms with Crippen molar-refractivity contribution in [1.82, 2.24) is 10.2 Å². The van der Waals surface area contributed by atoms with E-state index in [0.29, 0.717) is 18.5 Å². The van der Waals surface area contributed by atoms with Crippen LogP contribution in [0.4, 0.5) is 0 Å². The summed E-state index contributed by atoms with van der Waals surface area (Å²) < 4.78 is 23.6. The van der Waals surface area contributed by atoms with Gasteiger partial charge in [0.15, 0.2) is 15.8 Å². The quantitative estimate of drug-likeness (QED) is 0.630. The summed E-state index contributed by atoms with van der Waals surface area (Å²) in [4.78, 5) is 7.01. The van der Waals surface area contributed by atoms with Gasteiger partial charge in [0.2, 0.25) is 0 Å². The summed E-state index contributed by atoms with van der Waals surface area (Å²) in [7, 11) is -3.00. The highest BCUT2D eigenvalue weighted by molar-refractivity contribution is 7.92. The molecular formula is C16H29N3O2S. The van der Waals surface area contributed by atoms with E-state index in [1.807, 2.05) is 13.8 Å². The zero-order valence-electron chi connectivity index (χ0n) is 14.1. The van der Waals surface area contributed by atoms with Gasteiger partial charge in [0.1, 0.15) is 0 Å². The first-order valence-electron chi connectivity index (χ1n) is 8.55. The van der Waals surface area contributed by atoms with Crippen molar-refractivity contribution in [2.24, 2.45) is 16.3 Å². The molecule has 1 aliphatic heterocycles. The smallest absolute Gasteiger partial charge is 0.194 e. The van der Waals surface area contributed by atoms with Crippen molar-refractivity contribution in [2.45, 2.75) is 51.2 Å². The standard InChI is InChI=1S/C16H29N3O2S/c1-4-17-14(18-11-16(7-8-16)13-5-6-13)19-9-10-22(20,21)15(2,3)12-19/h13H,4-12H2,1-3H3,(H,17,18). The van der Waals surface area contributed by atoms with E-state index >= 15 is 0 Å². The van der Waals surface area contributed by atoms with Crippen LogP contribution in [0.5, 0.6) is 0 Å². The molecule has 0 amide bonds. The summed E-state index contributed by atoms with van der Waals surface area (Å²) in [6, 6.07) is 0. The normalized spacial score (nSPS) is 29.2. The lowest BCUT2D eigenvalue weighted by atomic mass is 10.0. The van der Waals surface area contributed by atoms with Gasteiger partial charge in [0, 0.05) is 26.2 Å². The summed E-state index contributed by atoms with van der Waals surface area (Å²) in [5.41, 5.74) is 0.484. The van der Waals surface area contributed by atoms with Crippen LogP contribution in [0.1, 0.15) is 46.5 Å². The molecule has 0 aromatic heterocycles. The molecule has 0 radical (unpaired) electrons. The Labute approximate surface area is 134 Å². The number of guanidine groups is 1. The summed E-state index contributed by atoms with van der Waals surface area (Å²) in [5, 5.41) is 3.36. The molecular weight excluding hydrogens is 298 g/mol. The first-order chi connectivity index (χ1) is 10.3. The van der Waals surface area contributed by atoms with E-state index in [9.17, 15) is 8.42 Å². The Hall–Kier alpha value is -0.780. The Kier molecular flexibility index (Phi) is 3.94. The van der Waals surface area contributed by atoms with Crippen molar-refractivity contribution in [1.29, 1.82) is 0 Å². The summed E-state index contributed by atoms with van der Waals surface area (Å²) in [5.74, 6) is 2.02. The van der Waals surface area contributed by atoms with Crippen molar-refractivity contribution < 1.29 is 8.42 Å². The van der Waals surface area contributed by atoms with Crippen LogP contribution in [-0.2, 0) is 9.84 Å². The van der Waals surface area contributed by atoms with E-state index in [1.54, 1.807) is 0 Å². The second-order valence-corrected chi connectivity index (χ2v) is 10.5. The third-order valence-corrected chi connectivity index (χ3v) is 8.09. The van der Waals surface area contributed by atoms with E-state index in [0.717, 1.165) is 25.0 Å². The lowest BCUT2D eigenvalue weighted by Crippen LogP contribution is -2.57. The Morgan fingerprint density at radius 3 is 2.50 bits per heavy atom. The molecule has 6 heteroatoms. The van der Waals surface area contributed by atoms with Gasteiger partial charge in [-0.05, 0) is 57.8 Å². The predicted octanol–water partition coefficient (Wildman–Crippen LogP) is 1.65. The molecule has 3 fully saturated rings. The average molecular weight is 327 g/mol. The number of nitrogens with zero attached hydrogens (tertiary/aromatic N) is 2. The first kappa shape index (κ1) is 16.1. The SMILES string of the molecule is CCNC(=NCC1(C2CC2)CC1)N1CCS(=O)(=O)C(C)(C)C1. The van der Waals surface area contributed by atoms with Gasteiger partial charge in [-0.25, -0.2) is 8.42 Å². The van der Waals surface area contributed by atoms with Gasteiger partial charge in [-0.3, -0.25) is 4.99 Å². The minimum Gasteiger partial charge on any atom is -0.357 e. The molecule has 0 atom stereocenters. The summed E-state index contributed by atoms with van der Waals surface area (Å²) in [6.07, 6.45) is 5.39. The number of hydrogen-bond acceptors (Lipinski definition) is 3. The molecule has 0 unspecified atom stereocenters. The van der Waals surface area contributed by atoms with Gasteiger partial charge in [-0.15, -0.1) is 0 Å². The molecule has 0 spiro atoms. The van der Waals surface area contributed by atoms with Crippen LogP contribution in [0, 0.1) is 11.3 Å². The highest BCUT2D eigenvalue weighted by Crippen LogP contribution is 2.61. The fourth-order valence-electron chi connectivity index (χ4n) is 3.53. The summed E-state index contributed by atoms with van der Waals surface area (Å²) in [6.45, 7) is 8.51. The molecule has 3 rings (SSSR count).